The zero-order valence-electron chi connectivity index (χ0n) is 7.61. The summed E-state index contributed by atoms with van der Waals surface area (Å²) in [4.78, 5) is 17.9. The van der Waals surface area contributed by atoms with Crippen molar-refractivity contribution in [2.75, 3.05) is 19.8 Å². The van der Waals surface area contributed by atoms with Crippen LogP contribution in [0.5, 0.6) is 0 Å². The average molecular weight is 181 g/mol. The summed E-state index contributed by atoms with van der Waals surface area (Å²) in [6.07, 6.45) is 0. The highest BCUT2D eigenvalue weighted by molar-refractivity contribution is 4.01. The van der Waals surface area contributed by atoms with Crippen LogP contribution in [0.2, 0.25) is 0 Å². The summed E-state index contributed by atoms with van der Waals surface area (Å²) in [6, 6.07) is 0. The van der Waals surface area contributed by atoms with Crippen molar-refractivity contribution in [2.24, 2.45) is 0 Å². The fraction of sp³-hybridized carbons (Fsp3) is 1.00. The summed E-state index contributed by atoms with van der Waals surface area (Å²) < 4.78 is 0. The van der Waals surface area contributed by atoms with E-state index in [4.69, 9.17) is 0 Å². The summed E-state index contributed by atoms with van der Waals surface area (Å²) in [5.41, 5.74) is 0. The van der Waals surface area contributed by atoms with Gasteiger partial charge in [-0.3, -0.25) is 0 Å². The molecule has 0 heterocycles. The molecule has 0 aromatic carbocycles. The molecule has 0 aliphatic carbocycles. The molecule has 0 aromatic heterocycles. The zero-order chi connectivity index (χ0) is 9.45. The van der Waals surface area contributed by atoms with Crippen LogP contribution in [-0.2, 0) is 19.6 Å². The number of nitrogens with zero attached hydrogens (tertiary/aromatic N) is 1. The van der Waals surface area contributed by atoms with Gasteiger partial charge in [-0.05, 0) is 20.8 Å². The lowest BCUT2D eigenvalue weighted by atomic mass is 10.9. The van der Waals surface area contributed by atoms with E-state index >= 15 is 0 Å². The van der Waals surface area contributed by atoms with Crippen LogP contribution >= 0.6 is 0 Å². The third-order valence-corrected chi connectivity index (χ3v) is 0.836. The molecule has 74 valence electrons. The summed E-state index contributed by atoms with van der Waals surface area (Å²) in [5.74, 6) is 0. The van der Waals surface area contributed by atoms with E-state index in [0.717, 1.165) is 0 Å². The molecule has 0 rings (SSSR count). The van der Waals surface area contributed by atoms with Crippen LogP contribution in [0.3, 0.4) is 0 Å². The first kappa shape index (κ1) is 11.8. The molecule has 0 bridgehead atoms. The van der Waals surface area contributed by atoms with Crippen molar-refractivity contribution in [2.45, 2.75) is 20.8 Å². The van der Waals surface area contributed by atoms with Crippen LogP contribution in [0, 0.1) is 5.21 Å². The normalized spacial score (nSPS) is 12.0. The van der Waals surface area contributed by atoms with Crippen molar-refractivity contribution in [1.29, 1.82) is 0 Å². The van der Waals surface area contributed by atoms with E-state index in [-0.39, 0.29) is 19.8 Å². The van der Waals surface area contributed by atoms with Gasteiger partial charge in [0.25, 0.3) is 0 Å². The van der Waals surface area contributed by atoms with Crippen molar-refractivity contribution in [3.8, 4) is 0 Å². The standard InChI is InChI=1S/C6H15NO5/c1-4-9-7(8,10-5-2)12-11-6-3/h4-6H2,1-3H3. The zero-order valence-corrected chi connectivity index (χ0v) is 7.61. The first-order valence-corrected chi connectivity index (χ1v) is 3.88. The molecular formula is C6H15NO5. The van der Waals surface area contributed by atoms with Gasteiger partial charge in [-0.25, -0.2) is 0 Å². The Morgan fingerprint density at radius 3 is 1.83 bits per heavy atom. The second-order valence-electron chi connectivity index (χ2n) is 1.76. The summed E-state index contributed by atoms with van der Waals surface area (Å²) in [7, 11) is 0. The van der Waals surface area contributed by atoms with Crippen LogP contribution in [0.1, 0.15) is 20.8 Å². The maximum absolute atomic E-state index is 11.2. The Morgan fingerprint density at radius 2 is 1.50 bits per heavy atom. The first-order valence-electron chi connectivity index (χ1n) is 3.88. The molecule has 0 unspecified atom stereocenters. The molecule has 0 aliphatic heterocycles. The van der Waals surface area contributed by atoms with Gasteiger partial charge < -0.3 is 5.21 Å². The van der Waals surface area contributed by atoms with Crippen molar-refractivity contribution < 1.29 is 24.7 Å². The molecule has 0 saturated carbocycles. The van der Waals surface area contributed by atoms with E-state index in [1.807, 2.05) is 0 Å². The van der Waals surface area contributed by atoms with Crippen molar-refractivity contribution in [3.63, 3.8) is 0 Å². The van der Waals surface area contributed by atoms with Crippen LogP contribution in [0.4, 0.5) is 0 Å². The van der Waals surface area contributed by atoms with Crippen molar-refractivity contribution >= 4 is 0 Å². The topological polar surface area (TPSA) is 60.0 Å². The third-order valence-electron chi connectivity index (χ3n) is 0.836. The van der Waals surface area contributed by atoms with E-state index in [9.17, 15) is 5.21 Å². The molecule has 6 heteroatoms. The highest BCUT2D eigenvalue weighted by Crippen LogP contribution is 2.08. The number of rotatable bonds is 7. The second kappa shape index (κ2) is 6.30. The smallest absolute Gasteiger partial charge is 0.113 e. The maximum Gasteiger partial charge on any atom is 0.113 e. The molecular weight excluding hydrogens is 166 g/mol. The van der Waals surface area contributed by atoms with E-state index < -0.39 is 5.14 Å². The molecule has 0 aliphatic rings. The number of hydrogen-bond acceptors (Lipinski definition) is 5. The Morgan fingerprint density at radius 1 is 1.00 bits per heavy atom. The van der Waals surface area contributed by atoms with Gasteiger partial charge in [-0.15, -0.1) is 9.68 Å². The van der Waals surface area contributed by atoms with Crippen LogP contribution in [-0.4, -0.2) is 25.0 Å². The lowest BCUT2D eigenvalue weighted by Crippen LogP contribution is -2.42. The summed E-state index contributed by atoms with van der Waals surface area (Å²) >= 11 is 0. The lowest BCUT2D eigenvalue weighted by molar-refractivity contribution is -1.36. The summed E-state index contributed by atoms with van der Waals surface area (Å²) in [6.45, 7) is 5.59. The second-order valence-corrected chi connectivity index (χ2v) is 1.76. The van der Waals surface area contributed by atoms with Crippen LogP contribution in [0.15, 0.2) is 0 Å². The van der Waals surface area contributed by atoms with E-state index in [1.165, 1.54) is 0 Å². The van der Waals surface area contributed by atoms with Crippen molar-refractivity contribution in [1.82, 2.24) is 0 Å². The minimum atomic E-state index is -1.68. The molecule has 0 spiro atoms. The number of quaternary nitrogens is 1. The highest BCUT2D eigenvalue weighted by Gasteiger charge is 2.23. The van der Waals surface area contributed by atoms with Gasteiger partial charge in [0.2, 0.25) is 0 Å². The lowest BCUT2D eigenvalue weighted by Gasteiger charge is -2.28. The average Bonchev–Trinajstić information content (AvgIpc) is 2.02. The van der Waals surface area contributed by atoms with Gasteiger partial charge >= 0.3 is 0 Å². The molecule has 6 nitrogen and oxygen atoms in total. The maximum atomic E-state index is 11.2. The van der Waals surface area contributed by atoms with Gasteiger partial charge in [0.1, 0.15) is 18.4 Å². The summed E-state index contributed by atoms with van der Waals surface area (Å²) in [5, 5.41) is 9.53. The van der Waals surface area contributed by atoms with E-state index in [2.05, 4.69) is 19.6 Å². The molecule has 0 atom stereocenters. The Balaban J connectivity index is 3.80. The monoisotopic (exact) mass is 181 g/mol. The van der Waals surface area contributed by atoms with E-state index in [0.29, 0.717) is 0 Å². The predicted octanol–water partition coefficient (Wildman–Crippen LogP) is 1.09. The fourth-order valence-corrected chi connectivity index (χ4v) is 0.514. The minimum absolute atomic E-state index is 0.177. The molecule has 12 heavy (non-hydrogen) atoms. The van der Waals surface area contributed by atoms with Gasteiger partial charge in [-0.2, -0.15) is 4.89 Å². The van der Waals surface area contributed by atoms with Gasteiger partial charge in [0.05, 0.1) is 6.61 Å². The molecule has 0 fully saturated rings. The van der Waals surface area contributed by atoms with Gasteiger partial charge in [0, 0.05) is 4.99 Å². The van der Waals surface area contributed by atoms with Crippen LogP contribution in [0.25, 0.3) is 0 Å². The SMILES string of the molecule is CCOO[N+]([O-])(OCC)OCC. The largest absolute Gasteiger partial charge is 0.526 e. The van der Waals surface area contributed by atoms with E-state index in [1.54, 1.807) is 20.8 Å². The Hall–Kier alpha value is -0.240. The fourth-order valence-electron chi connectivity index (χ4n) is 0.514. The van der Waals surface area contributed by atoms with Crippen LogP contribution < -0.4 is 0 Å². The van der Waals surface area contributed by atoms with Gasteiger partial charge in [-0.1, -0.05) is 0 Å². The molecule has 0 aromatic rings. The highest BCUT2D eigenvalue weighted by atomic mass is 17.5. The molecule has 0 radical (unpaired) electrons. The van der Waals surface area contributed by atoms with Crippen molar-refractivity contribution in [3.05, 3.63) is 5.21 Å². The molecule has 0 amide bonds. The predicted molar refractivity (Wildman–Crippen MR) is 39.6 cm³/mol. The molecule has 0 N–H and O–H groups in total. The number of hydrogen-bond donors (Lipinski definition) is 0. The van der Waals surface area contributed by atoms with Gasteiger partial charge in [0.15, 0.2) is 0 Å². The third kappa shape index (κ3) is 4.60. The Bertz CT molecular complexity index is 104. The first-order chi connectivity index (χ1) is 5.68. The Kier molecular flexibility index (Phi) is 6.17. The quantitative estimate of drug-likeness (QED) is 0.334. The Labute approximate surface area is 71.5 Å². The minimum Gasteiger partial charge on any atom is -0.526 e. The molecule has 0 saturated heterocycles.